The van der Waals surface area contributed by atoms with Gasteiger partial charge in [-0.3, -0.25) is 43.2 Å². The highest BCUT2D eigenvalue weighted by Gasteiger charge is 2.43. The van der Waals surface area contributed by atoms with E-state index in [1.54, 1.807) is 18.2 Å². The molecule has 6 N–H and O–H groups in total. The van der Waals surface area contributed by atoms with E-state index < -0.39 is 53.8 Å². The molecule has 0 saturated carbocycles. The number of allylic oxidation sites excluding steroid dienone is 6. The van der Waals surface area contributed by atoms with E-state index in [2.05, 4.69) is 154 Å². The van der Waals surface area contributed by atoms with E-state index in [0.29, 0.717) is 38.0 Å². The van der Waals surface area contributed by atoms with Crippen LogP contribution in [0.2, 0.25) is 0 Å². The first-order valence-corrected chi connectivity index (χ1v) is 50.0. The molecule has 0 radical (unpaired) electrons. The first-order chi connectivity index (χ1) is 63.9. The zero-order valence-electron chi connectivity index (χ0n) is 79.6. The van der Waals surface area contributed by atoms with E-state index >= 15 is 0 Å². The third-order valence-corrected chi connectivity index (χ3v) is 31.0. The Balaban J connectivity index is 0.000000170. The number of carboxylic acid groups (broad SMARTS) is 3. The molecule has 3 aromatic carbocycles. The molecule has 6 amide bonds. The SMILES string of the molecule is CC(C)C1CC=C(c2cnc(-c3ccc(C[C@H](NC(=O)c4ccc(C(C)(C)C)s4)C(=O)N4CC(C(=O)O)C4)cc3)nc2)CC1.CCCC1CC=C(c2cnc(-c3ccc(C[C@H](NC(=O)c4ccc(C(C)(C)C)s4)C(=O)N4CC(C(=O)O)C4)cc3)nc2)CC1.CCCCCC1CC=C(c2cnc(-c3ccc(C[C@H](NC(=O)c4ccc(C(C)(C)C)s4)C(=O)N4CC(C(=O)O)C4)cc3)nc2)CC1. The number of unbranched alkanes of at least 4 members (excludes halogenated alkanes) is 2. The Morgan fingerprint density at radius 1 is 0.373 bits per heavy atom. The molecule has 24 nitrogen and oxygen atoms in total. The fourth-order valence-electron chi connectivity index (χ4n) is 17.6. The molecule has 9 heterocycles. The number of carbonyl (C=O) groups is 9. The van der Waals surface area contributed by atoms with Crippen molar-refractivity contribution in [1.29, 1.82) is 0 Å². The smallest absolute Gasteiger partial charge is 0.310 e. The Morgan fingerprint density at radius 3 is 0.903 bits per heavy atom. The largest absolute Gasteiger partial charge is 0.481 e. The van der Waals surface area contributed by atoms with E-state index in [1.807, 2.05) is 128 Å². The molecule has 27 heteroatoms. The average Bonchev–Trinajstić information content (AvgIpc) is 0.949. The summed E-state index contributed by atoms with van der Waals surface area (Å²) in [6.07, 6.45) is 37.3. The number of aliphatic carboxylic acids is 3. The van der Waals surface area contributed by atoms with Gasteiger partial charge >= 0.3 is 17.9 Å². The minimum absolute atomic E-state index is 0.0846. The monoisotopic (exact) mass is 1870 g/mol. The number of nitrogens with one attached hydrogen (secondary N) is 3. The van der Waals surface area contributed by atoms with Gasteiger partial charge in [-0.05, 0) is 168 Å². The van der Waals surface area contributed by atoms with E-state index in [-0.39, 0.29) is 110 Å². The lowest BCUT2D eigenvalue weighted by Crippen LogP contribution is -2.59. The summed E-state index contributed by atoms with van der Waals surface area (Å²) in [6, 6.07) is 31.9. The second-order valence-electron chi connectivity index (χ2n) is 40.3. The van der Waals surface area contributed by atoms with E-state index in [9.17, 15) is 58.5 Å². The van der Waals surface area contributed by atoms with Crippen LogP contribution in [0, 0.1) is 41.4 Å². The first-order valence-electron chi connectivity index (χ1n) is 47.5. The van der Waals surface area contributed by atoms with Gasteiger partial charge in [0, 0.05) is 144 Å². The highest BCUT2D eigenvalue weighted by Crippen LogP contribution is 2.39. The molecule has 3 saturated heterocycles. The zero-order chi connectivity index (χ0) is 95.9. The Morgan fingerprint density at radius 2 is 0.664 bits per heavy atom. The number of nitrogens with zero attached hydrogens (tertiary/aromatic N) is 9. The maximum atomic E-state index is 13.5. The van der Waals surface area contributed by atoms with Crippen molar-refractivity contribution in [3.63, 3.8) is 0 Å². The Labute approximate surface area is 800 Å². The molecular weight excluding hydrogens is 1740 g/mol. The van der Waals surface area contributed by atoms with Crippen molar-refractivity contribution >= 4 is 104 Å². The Bertz CT molecular complexity index is 5700. The quantitative estimate of drug-likeness (QED) is 0.0220. The van der Waals surface area contributed by atoms with Crippen LogP contribution in [0.1, 0.15) is 263 Å². The topological polar surface area (TPSA) is 337 Å². The third kappa shape index (κ3) is 26.3. The number of amides is 6. The summed E-state index contributed by atoms with van der Waals surface area (Å²) in [5, 5.41) is 36.7. The van der Waals surface area contributed by atoms with Gasteiger partial charge in [0.1, 0.15) is 18.1 Å². The Hall–Kier alpha value is -11.6. The first kappa shape index (κ1) is 99.9. The number of aromatic nitrogens is 6. The minimum atomic E-state index is -0.913. The van der Waals surface area contributed by atoms with Crippen LogP contribution in [0.3, 0.4) is 0 Å². The number of hydrogen-bond acceptors (Lipinski definition) is 18. The fraction of sp³-hybridized carbons (Fsp3) is 0.467. The minimum Gasteiger partial charge on any atom is -0.481 e. The lowest BCUT2D eigenvalue weighted by molar-refractivity contribution is -0.155. The van der Waals surface area contributed by atoms with Gasteiger partial charge in [0.25, 0.3) is 17.7 Å². The van der Waals surface area contributed by atoms with Gasteiger partial charge < -0.3 is 46.0 Å². The van der Waals surface area contributed by atoms with Crippen molar-refractivity contribution in [2.24, 2.45) is 41.4 Å². The van der Waals surface area contributed by atoms with Gasteiger partial charge in [-0.2, -0.15) is 0 Å². The summed E-state index contributed by atoms with van der Waals surface area (Å²) in [5.41, 5.74) is 12.2. The summed E-state index contributed by atoms with van der Waals surface area (Å²) in [7, 11) is 0. The van der Waals surface area contributed by atoms with Crippen molar-refractivity contribution in [3.8, 4) is 34.2 Å². The van der Waals surface area contributed by atoms with E-state index in [4.69, 9.17) is 0 Å². The fourth-order valence-corrected chi connectivity index (χ4v) is 20.5. The number of carboxylic acids is 3. The van der Waals surface area contributed by atoms with Crippen LogP contribution in [0.15, 0.2) is 165 Å². The molecule has 3 unspecified atom stereocenters. The van der Waals surface area contributed by atoms with Crippen LogP contribution >= 0.6 is 34.0 Å². The molecular formula is C107H130N12O12S3. The molecule has 6 aliphatic rings. The highest BCUT2D eigenvalue weighted by molar-refractivity contribution is 7.14. The maximum Gasteiger partial charge on any atom is 0.310 e. The van der Waals surface area contributed by atoms with Gasteiger partial charge in [0.2, 0.25) is 17.7 Å². The number of hydrogen-bond donors (Lipinski definition) is 6. The molecule has 0 spiro atoms. The summed E-state index contributed by atoms with van der Waals surface area (Å²) < 4.78 is 0. The molecule has 134 heavy (non-hydrogen) atoms. The standard InChI is InChI=1S/C37H46N4O4S.2C35H42N4O4S/c1-5-6-7-8-24-9-13-26(14-10-24)28-20-38-33(39-21-28)27-15-11-25(12-16-27)19-30(35(43)41-22-29(23-41)36(44)45)40-34(42)31-17-18-32(46-31)37(2,3)4;1-21(2)23-10-12-24(13-11-23)26-17-36-31(37-18-26)25-8-6-22(7-9-25)16-28(33(41)39-19-27(20-39)34(42)43)38-32(40)29-14-15-30(44-29)35(3,4)5;1-5-6-22-7-11-24(12-8-22)26-18-36-31(37-19-26)25-13-9-23(10-14-25)17-28(33(41)39-20-27(21-39)34(42)43)38-32(40)29-15-16-30(44-29)35(2,3)4/h11-13,15-18,20-21,24,29-30H,5-10,14,19,22-23H2,1-4H3,(H,40,42)(H,44,45);6-9,12,14-15,17-18,21,23,27-28H,10-11,13,16,19-20H2,1-5H3,(H,38,40)(H,42,43);9-11,13-16,18-19,22,27-28H,5-8,12,17,20-21H2,1-4H3,(H,38,40)(H,42,43)/t24?,30-;23?,28-;22?,28-/m000/s1. The van der Waals surface area contributed by atoms with Crippen LogP contribution in [0.4, 0.5) is 0 Å². The van der Waals surface area contributed by atoms with Crippen molar-refractivity contribution in [3.05, 3.63) is 227 Å². The third-order valence-electron chi connectivity index (χ3n) is 26.5. The van der Waals surface area contributed by atoms with E-state index in [1.165, 1.54) is 123 Å². The predicted octanol–water partition coefficient (Wildman–Crippen LogP) is 19.7. The average molecular weight is 1870 g/mol. The summed E-state index contributed by atoms with van der Waals surface area (Å²) in [4.78, 5) is 151. The van der Waals surface area contributed by atoms with Crippen LogP contribution in [0.5, 0.6) is 0 Å². The molecule has 708 valence electrons. The van der Waals surface area contributed by atoms with Gasteiger partial charge in [-0.25, -0.2) is 29.9 Å². The normalized spacial score (nSPS) is 17.8. The van der Waals surface area contributed by atoms with Gasteiger partial charge in [0.05, 0.1) is 32.4 Å². The van der Waals surface area contributed by atoms with Crippen molar-refractivity contribution in [1.82, 2.24) is 60.6 Å². The predicted molar refractivity (Wildman–Crippen MR) is 529 cm³/mol. The van der Waals surface area contributed by atoms with Crippen LogP contribution in [0.25, 0.3) is 50.9 Å². The highest BCUT2D eigenvalue weighted by atomic mass is 32.1. The van der Waals surface area contributed by atoms with E-state index in [0.717, 1.165) is 121 Å². The van der Waals surface area contributed by atoms with Crippen molar-refractivity contribution in [2.75, 3.05) is 39.3 Å². The molecule has 9 aromatic rings. The van der Waals surface area contributed by atoms with Crippen molar-refractivity contribution in [2.45, 2.75) is 240 Å². The van der Waals surface area contributed by atoms with Gasteiger partial charge in [-0.1, -0.05) is 220 Å². The second-order valence-corrected chi connectivity index (χ2v) is 43.5. The molecule has 3 aliphatic heterocycles. The summed E-state index contributed by atoms with van der Waals surface area (Å²) in [6.45, 7) is 28.8. The van der Waals surface area contributed by atoms with Crippen LogP contribution in [-0.4, -0.2) is 171 Å². The van der Waals surface area contributed by atoms with Crippen molar-refractivity contribution < 1.29 is 58.5 Å². The molecule has 15 rings (SSSR count). The summed E-state index contributed by atoms with van der Waals surface area (Å²) >= 11 is 4.26. The molecule has 0 bridgehead atoms. The van der Waals surface area contributed by atoms with Gasteiger partial charge in [0.15, 0.2) is 17.5 Å². The number of carbonyl (C=O) groups excluding carboxylic acids is 6. The summed E-state index contributed by atoms with van der Waals surface area (Å²) in [5.74, 6) is -1.27. The zero-order valence-corrected chi connectivity index (χ0v) is 82.0. The van der Waals surface area contributed by atoms with Crippen LogP contribution in [-0.2, 0) is 64.3 Å². The lowest BCUT2D eigenvalue weighted by Gasteiger charge is -2.38. The molecule has 6 aromatic heterocycles. The van der Waals surface area contributed by atoms with Gasteiger partial charge in [-0.15, -0.1) is 34.0 Å². The van der Waals surface area contributed by atoms with Crippen LogP contribution < -0.4 is 16.0 Å². The number of rotatable bonds is 31. The molecule has 6 atom stereocenters. The number of thiophene rings is 3. The second kappa shape index (κ2) is 44.7. The Kier molecular flexibility index (Phi) is 33.4. The lowest BCUT2D eigenvalue weighted by atomic mass is 9.81. The molecule has 3 fully saturated rings. The maximum absolute atomic E-state index is 13.5. The molecule has 3 aliphatic carbocycles. The number of benzene rings is 3. The number of likely N-dealkylation sites (tertiary alicyclic amines) is 3.